The Hall–Kier alpha value is -5.10. The highest BCUT2D eigenvalue weighted by molar-refractivity contribution is 5.90. The van der Waals surface area contributed by atoms with Crippen LogP contribution in [0, 0.1) is 0 Å². The van der Waals surface area contributed by atoms with Gasteiger partial charge in [-0.2, -0.15) is 0 Å². The molecule has 0 saturated carbocycles. The molecule has 0 atom stereocenters. The lowest BCUT2D eigenvalue weighted by atomic mass is 10.1. The molecule has 0 unspecified atom stereocenters. The van der Waals surface area contributed by atoms with Gasteiger partial charge in [0.05, 0.1) is 22.7 Å². The third kappa shape index (κ3) is 3.12. The number of nitrogens with two attached hydrogens (primary N) is 2. The van der Waals surface area contributed by atoms with Gasteiger partial charge < -0.3 is 30.7 Å². The number of hydrogen-bond donors (Lipinski definition) is 2. The molecule has 6 nitrogen and oxygen atoms in total. The number of fused-ring (bicyclic) bond motifs is 4. The van der Waals surface area contributed by atoms with E-state index in [4.69, 9.17) is 20.9 Å². The van der Waals surface area contributed by atoms with Crippen LogP contribution in [-0.2, 0) is 0 Å². The van der Waals surface area contributed by atoms with Gasteiger partial charge in [0.25, 0.3) is 0 Å². The third-order valence-electron chi connectivity index (χ3n) is 6.47. The fraction of sp³-hybridized carbons (Fsp3) is 0. The van der Waals surface area contributed by atoms with Crippen LogP contribution < -0.4 is 30.7 Å². The van der Waals surface area contributed by atoms with Crippen molar-refractivity contribution in [1.82, 2.24) is 0 Å². The fourth-order valence-electron chi connectivity index (χ4n) is 4.85. The molecule has 0 amide bonds. The first kappa shape index (κ1) is 20.3. The van der Waals surface area contributed by atoms with Crippen LogP contribution in [0.15, 0.2) is 109 Å². The van der Waals surface area contributed by atoms with Crippen LogP contribution in [0.3, 0.4) is 0 Å². The van der Waals surface area contributed by atoms with E-state index < -0.39 is 0 Å². The number of para-hydroxylation sites is 4. The Balaban J connectivity index is 1.35. The first-order valence-corrected chi connectivity index (χ1v) is 11.7. The van der Waals surface area contributed by atoms with Crippen molar-refractivity contribution < 1.29 is 9.47 Å². The van der Waals surface area contributed by atoms with E-state index in [1.165, 1.54) is 0 Å². The van der Waals surface area contributed by atoms with E-state index in [-0.39, 0.29) is 0 Å². The van der Waals surface area contributed by atoms with E-state index in [1.54, 1.807) is 0 Å². The fourth-order valence-corrected chi connectivity index (χ4v) is 4.85. The maximum absolute atomic E-state index is 6.16. The molecule has 36 heavy (non-hydrogen) atoms. The maximum Gasteiger partial charge on any atom is 0.153 e. The standard InChI is InChI=1S/C30H22N4O2/c31-19-9-15-25-29(17-19)36-30-18-20(32)10-16-26(30)34(25)22-13-11-21(12-14-22)33-23-5-1-3-7-27(23)35-28-8-4-2-6-24(28)33/h1-18H,31-32H2. The van der Waals surface area contributed by atoms with E-state index in [2.05, 4.69) is 46.2 Å². The lowest BCUT2D eigenvalue weighted by molar-refractivity contribution is 0.477. The summed E-state index contributed by atoms with van der Waals surface area (Å²) >= 11 is 0. The molecule has 0 spiro atoms. The monoisotopic (exact) mass is 470 g/mol. The van der Waals surface area contributed by atoms with Gasteiger partial charge in [-0.3, -0.25) is 0 Å². The van der Waals surface area contributed by atoms with E-state index in [0.29, 0.717) is 22.9 Å². The molecule has 6 heteroatoms. The molecule has 0 aromatic heterocycles. The molecule has 0 fully saturated rings. The van der Waals surface area contributed by atoms with Gasteiger partial charge in [0.15, 0.2) is 23.0 Å². The number of ether oxygens (including phenoxy) is 2. The Morgan fingerprint density at radius 1 is 0.417 bits per heavy atom. The molecular weight excluding hydrogens is 448 g/mol. The number of hydrogen-bond acceptors (Lipinski definition) is 6. The van der Waals surface area contributed by atoms with Gasteiger partial charge in [-0.05, 0) is 72.8 Å². The highest BCUT2D eigenvalue weighted by Gasteiger charge is 2.28. The number of anilines is 8. The molecule has 2 aliphatic heterocycles. The lowest BCUT2D eigenvalue weighted by Gasteiger charge is -2.34. The number of nitrogen functional groups attached to an aromatic ring is 2. The second-order valence-corrected chi connectivity index (χ2v) is 8.78. The second-order valence-electron chi connectivity index (χ2n) is 8.78. The summed E-state index contributed by atoms with van der Waals surface area (Å²) in [6.45, 7) is 0. The molecular formula is C30H22N4O2. The first-order valence-electron chi connectivity index (χ1n) is 11.7. The Kier molecular flexibility index (Phi) is 4.35. The van der Waals surface area contributed by atoms with Crippen LogP contribution in [0.2, 0.25) is 0 Å². The van der Waals surface area contributed by atoms with E-state index in [0.717, 1.165) is 45.6 Å². The minimum atomic E-state index is 0.640. The normalized spacial score (nSPS) is 13.0. The molecule has 2 aliphatic rings. The first-order chi connectivity index (χ1) is 17.7. The average molecular weight is 471 g/mol. The van der Waals surface area contributed by atoms with Crippen molar-refractivity contribution in [2.45, 2.75) is 0 Å². The van der Waals surface area contributed by atoms with Crippen molar-refractivity contribution in [3.05, 3.63) is 109 Å². The maximum atomic E-state index is 6.16. The molecule has 0 radical (unpaired) electrons. The van der Waals surface area contributed by atoms with E-state index in [9.17, 15) is 0 Å². The van der Waals surface area contributed by atoms with Gasteiger partial charge in [0.2, 0.25) is 0 Å². The summed E-state index contributed by atoms with van der Waals surface area (Å²) in [6, 6.07) is 36.0. The summed E-state index contributed by atoms with van der Waals surface area (Å²) in [5.41, 5.74) is 19.2. The Bertz CT molecular complexity index is 1530. The van der Waals surface area contributed by atoms with Gasteiger partial charge in [-0.15, -0.1) is 0 Å². The van der Waals surface area contributed by atoms with Gasteiger partial charge in [0, 0.05) is 34.9 Å². The van der Waals surface area contributed by atoms with Crippen LogP contribution in [0.25, 0.3) is 0 Å². The average Bonchev–Trinajstić information content (AvgIpc) is 2.90. The summed E-state index contributed by atoms with van der Waals surface area (Å²) in [7, 11) is 0. The number of rotatable bonds is 2. The van der Waals surface area contributed by atoms with Gasteiger partial charge in [0.1, 0.15) is 0 Å². The van der Waals surface area contributed by atoms with Crippen LogP contribution in [0.4, 0.5) is 45.5 Å². The smallest absolute Gasteiger partial charge is 0.153 e. The molecule has 2 heterocycles. The zero-order valence-electron chi connectivity index (χ0n) is 19.3. The summed E-state index contributed by atoms with van der Waals surface area (Å²) in [5, 5.41) is 0. The SMILES string of the molecule is Nc1ccc2c(c1)Oc1cc(N)ccc1N2c1ccc(N2c3ccccc3Oc3ccccc32)cc1. The Morgan fingerprint density at radius 2 is 0.806 bits per heavy atom. The van der Waals surface area contributed by atoms with Crippen molar-refractivity contribution in [2.75, 3.05) is 21.3 Å². The quantitative estimate of drug-likeness (QED) is 0.249. The van der Waals surface area contributed by atoms with Crippen LogP contribution in [0.1, 0.15) is 0 Å². The molecule has 174 valence electrons. The minimum absolute atomic E-state index is 0.640. The van der Waals surface area contributed by atoms with Gasteiger partial charge in [-0.25, -0.2) is 0 Å². The Labute approximate surface area is 208 Å². The molecule has 7 rings (SSSR count). The minimum Gasteiger partial charge on any atom is -0.453 e. The van der Waals surface area contributed by atoms with E-state index >= 15 is 0 Å². The van der Waals surface area contributed by atoms with Crippen molar-refractivity contribution in [2.24, 2.45) is 0 Å². The summed E-state index contributed by atoms with van der Waals surface area (Å²) in [4.78, 5) is 4.39. The van der Waals surface area contributed by atoms with Crippen molar-refractivity contribution in [1.29, 1.82) is 0 Å². The summed E-state index contributed by atoms with van der Waals surface area (Å²) < 4.78 is 12.3. The predicted molar refractivity (Wildman–Crippen MR) is 145 cm³/mol. The molecule has 5 aromatic rings. The molecule has 0 saturated heterocycles. The summed E-state index contributed by atoms with van der Waals surface area (Å²) in [5.74, 6) is 3.03. The van der Waals surface area contributed by atoms with Crippen molar-refractivity contribution in [3.63, 3.8) is 0 Å². The Morgan fingerprint density at radius 3 is 1.28 bits per heavy atom. The highest BCUT2D eigenvalue weighted by atomic mass is 16.5. The lowest BCUT2D eigenvalue weighted by Crippen LogP contribution is -2.17. The second kappa shape index (κ2) is 7.71. The van der Waals surface area contributed by atoms with Crippen LogP contribution in [0.5, 0.6) is 23.0 Å². The zero-order valence-corrected chi connectivity index (χ0v) is 19.3. The highest BCUT2D eigenvalue weighted by Crippen LogP contribution is 2.53. The third-order valence-corrected chi connectivity index (χ3v) is 6.47. The predicted octanol–water partition coefficient (Wildman–Crippen LogP) is 8.00. The number of benzene rings is 5. The molecule has 4 N–H and O–H groups in total. The summed E-state index contributed by atoms with van der Waals surface area (Å²) in [6.07, 6.45) is 0. The van der Waals surface area contributed by atoms with Gasteiger partial charge in [-0.1, -0.05) is 24.3 Å². The van der Waals surface area contributed by atoms with Crippen molar-refractivity contribution in [3.8, 4) is 23.0 Å². The largest absolute Gasteiger partial charge is 0.453 e. The molecule has 0 bridgehead atoms. The van der Waals surface area contributed by atoms with Crippen LogP contribution in [-0.4, -0.2) is 0 Å². The topological polar surface area (TPSA) is 77.0 Å². The molecule has 5 aromatic carbocycles. The zero-order chi connectivity index (χ0) is 24.2. The van der Waals surface area contributed by atoms with E-state index in [1.807, 2.05) is 72.8 Å². The number of nitrogens with zero attached hydrogens (tertiary/aromatic N) is 2. The van der Waals surface area contributed by atoms with Gasteiger partial charge >= 0.3 is 0 Å². The van der Waals surface area contributed by atoms with Crippen LogP contribution >= 0.6 is 0 Å². The van der Waals surface area contributed by atoms with Crippen molar-refractivity contribution >= 4 is 45.5 Å². The molecule has 0 aliphatic carbocycles.